The Kier molecular flexibility index (Phi) is 4.42. The summed E-state index contributed by atoms with van der Waals surface area (Å²) in [7, 11) is 0. The Balaban J connectivity index is 2.59. The molecular weight excluding hydrogens is 322 g/mol. The van der Waals surface area contributed by atoms with Gasteiger partial charge in [0.05, 0.1) is 12.0 Å². The molecule has 7 heteroatoms. The van der Waals surface area contributed by atoms with Crippen LogP contribution in [0.15, 0.2) is 36.4 Å². The second-order valence-electron chi connectivity index (χ2n) is 4.62. The predicted molar refractivity (Wildman–Crippen MR) is 75.5 cm³/mol. The highest BCUT2D eigenvalue weighted by Crippen LogP contribution is 2.31. The molecule has 2 nitrogen and oxygen atoms in total. The van der Waals surface area contributed by atoms with Gasteiger partial charge in [0.15, 0.2) is 5.78 Å². The molecule has 0 bridgehead atoms. The van der Waals surface area contributed by atoms with E-state index >= 15 is 0 Å². The molecule has 0 radical (unpaired) electrons. The van der Waals surface area contributed by atoms with Gasteiger partial charge >= 0.3 is 6.18 Å². The number of carbonyl (C=O) groups is 1. The van der Waals surface area contributed by atoms with Crippen molar-refractivity contribution in [1.82, 2.24) is 0 Å². The Bertz CT molecular complexity index is 728. The van der Waals surface area contributed by atoms with E-state index < -0.39 is 29.8 Å². The van der Waals surface area contributed by atoms with E-state index in [-0.39, 0.29) is 21.8 Å². The third-order valence-corrected chi connectivity index (χ3v) is 3.21. The SMILES string of the molecule is Nc1cc(Cl)cc(C(=O)c2ccccc2F)c1CC(F)(F)F. The molecule has 0 atom stereocenters. The van der Waals surface area contributed by atoms with Gasteiger partial charge in [-0.15, -0.1) is 0 Å². The van der Waals surface area contributed by atoms with Gasteiger partial charge in [-0.05, 0) is 29.8 Å². The van der Waals surface area contributed by atoms with Crippen LogP contribution in [0.2, 0.25) is 5.02 Å². The molecule has 2 aromatic carbocycles. The van der Waals surface area contributed by atoms with Crippen LogP contribution >= 0.6 is 11.6 Å². The highest BCUT2D eigenvalue weighted by atomic mass is 35.5. The fourth-order valence-corrected chi connectivity index (χ4v) is 2.28. The zero-order valence-corrected chi connectivity index (χ0v) is 11.8. The first kappa shape index (κ1) is 16.3. The summed E-state index contributed by atoms with van der Waals surface area (Å²) in [6.45, 7) is 0. The fourth-order valence-electron chi connectivity index (χ4n) is 2.05. The minimum absolute atomic E-state index is 0.00288. The van der Waals surface area contributed by atoms with Crippen molar-refractivity contribution < 1.29 is 22.4 Å². The average molecular weight is 332 g/mol. The van der Waals surface area contributed by atoms with Gasteiger partial charge in [0.25, 0.3) is 0 Å². The van der Waals surface area contributed by atoms with Crippen LogP contribution in [0.4, 0.5) is 23.2 Å². The molecular formula is C15H10ClF4NO. The summed E-state index contributed by atoms with van der Waals surface area (Å²) in [5.74, 6) is -1.73. The maximum atomic E-state index is 13.7. The normalized spacial score (nSPS) is 11.5. The van der Waals surface area contributed by atoms with E-state index in [0.717, 1.165) is 18.2 Å². The van der Waals surface area contributed by atoms with Gasteiger partial charge in [-0.3, -0.25) is 4.79 Å². The van der Waals surface area contributed by atoms with Crippen LogP contribution in [0.3, 0.4) is 0 Å². The van der Waals surface area contributed by atoms with E-state index in [1.807, 2.05) is 0 Å². The van der Waals surface area contributed by atoms with Gasteiger partial charge in [-0.1, -0.05) is 23.7 Å². The van der Waals surface area contributed by atoms with E-state index in [1.54, 1.807) is 0 Å². The summed E-state index contributed by atoms with van der Waals surface area (Å²) in [6, 6.07) is 7.20. The van der Waals surface area contributed by atoms with Gasteiger partial charge in [-0.2, -0.15) is 13.2 Å². The third-order valence-electron chi connectivity index (χ3n) is 2.99. The largest absolute Gasteiger partial charge is 0.398 e. The summed E-state index contributed by atoms with van der Waals surface area (Å²) in [6.07, 6.45) is -5.96. The molecule has 0 heterocycles. The molecule has 0 fully saturated rings. The van der Waals surface area contributed by atoms with Crippen molar-refractivity contribution in [1.29, 1.82) is 0 Å². The monoisotopic (exact) mass is 331 g/mol. The molecule has 0 unspecified atom stereocenters. The van der Waals surface area contributed by atoms with Crippen molar-refractivity contribution >= 4 is 23.1 Å². The number of anilines is 1. The number of rotatable bonds is 3. The maximum absolute atomic E-state index is 13.7. The quantitative estimate of drug-likeness (QED) is 0.515. The molecule has 2 N–H and O–H groups in total. The van der Waals surface area contributed by atoms with E-state index in [1.165, 1.54) is 18.2 Å². The average Bonchev–Trinajstić information content (AvgIpc) is 2.40. The Morgan fingerprint density at radius 1 is 1.14 bits per heavy atom. The van der Waals surface area contributed by atoms with Gasteiger partial charge in [-0.25, -0.2) is 4.39 Å². The van der Waals surface area contributed by atoms with Gasteiger partial charge in [0.1, 0.15) is 5.82 Å². The highest BCUT2D eigenvalue weighted by Gasteiger charge is 2.32. The number of nitrogens with two attached hydrogens (primary N) is 1. The summed E-state index contributed by atoms with van der Waals surface area (Å²) >= 11 is 5.76. The van der Waals surface area contributed by atoms with Crippen LogP contribution < -0.4 is 5.73 Å². The lowest BCUT2D eigenvalue weighted by Crippen LogP contribution is -2.17. The molecule has 0 saturated carbocycles. The van der Waals surface area contributed by atoms with Crippen molar-refractivity contribution in [2.24, 2.45) is 0 Å². The van der Waals surface area contributed by atoms with E-state index in [4.69, 9.17) is 17.3 Å². The second-order valence-corrected chi connectivity index (χ2v) is 5.06. The van der Waals surface area contributed by atoms with Gasteiger partial charge in [0.2, 0.25) is 0 Å². The lowest BCUT2D eigenvalue weighted by molar-refractivity contribution is -0.127. The van der Waals surface area contributed by atoms with Crippen molar-refractivity contribution in [3.8, 4) is 0 Å². The number of ketones is 1. The molecule has 0 aliphatic rings. The molecule has 0 aliphatic heterocycles. The standard InChI is InChI=1S/C15H10ClF4NO/c16-8-5-10(11(13(21)6-8)7-15(18,19)20)14(22)9-3-1-2-4-12(9)17/h1-6H,7,21H2. The van der Waals surface area contributed by atoms with Crippen LogP contribution in [-0.4, -0.2) is 12.0 Å². The van der Waals surface area contributed by atoms with Crippen LogP contribution in [-0.2, 0) is 6.42 Å². The topological polar surface area (TPSA) is 43.1 Å². The van der Waals surface area contributed by atoms with Crippen LogP contribution in [0.25, 0.3) is 0 Å². The fraction of sp³-hybridized carbons (Fsp3) is 0.133. The van der Waals surface area contributed by atoms with Crippen LogP contribution in [0, 0.1) is 5.82 Å². The predicted octanol–water partition coefficient (Wildman–Crippen LogP) is 4.40. The Hall–Kier alpha value is -2.08. The van der Waals surface area contributed by atoms with Gasteiger partial charge < -0.3 is 5.73 Å². The number of benzene rings is 2. The molecule has 0 amide bonds. The number of carbonyl (C=O) groups excluding carboxylic acids is 1. The lowest BCUT2D eigenvalue weighted by Gasteiger charge is -2.14. The van der Waals surface area contributed by atoms with Crippen LogP contribution in [0.1, 0.15) is 21.5 Å². The maximum Gasteiger partial charge on any atom is 0.393 e. The third kappa shape index (κ3) is 3.57. The minimum atomic E-state index is -4.56. The van der Waals surface area contributed by atoms with Crippen molar-refractivity contribution in [2.45, 2.75) is 12.6 Å². The first-order chi connectivity index (χ1) is 10.2. The minimum Gasteiger partial charge on any atom is -0.398 e. The molecule has 0 saturated heterocycles. The van der Waals surface area contributed by atoms with E-state index in [9.17, 15) is 22.4 Å². The summed E-state index contributed by atoms with van der Waals surface area (Å²) in [5.41, 5.74) is 4.19. The zero-order chi connectivity index (χ0) is 16.5. The molecule has 0 aromatic heterocycles. The molecule has 2 rings (SSSR count). The molecule has 2 aromatic rings. The Labute approximate surface area is 128 Å². The van der Waals surface area contributed by atoms with E-state index in [0.29, 0.717) is 0 Å². The first-order valence-corrected chi connectivity index (χ1v) is 6.50. The summed E-state index contributed by atoms with van der Waals surface area (Å²) in [5, 5.41) is 0.00288. The molecule has 0 aliphatic carbocycles. The summed E-state index contributed by atoms with van der Waals surface area (Å²) < 4.78 is 51.7. The van der Waals surface area contributed by atoms with Crippen molar-refractivity contribution in [3.05, 3.63) is 63.9 Å². The number of nitrogen functional groups attached to an aromatic ring is 1. The second kappa shape index (κ2) is 5.96. The van der Waals surface area contributed by atoms with Crippen LogP contribution in [0.5, 0.6) is 0 Å². The van der Waals surface area contributed by atoms with Crippen molar-refractivity contribution in [3.63, 3.8) is 0 Å². The lowest BCUT2D eigenvalue weighted by atomic mass is 9.95. The Morgan fingerprint density at radius 2 is 1.77 bits per heavy atom. The molecule has 0 spiro atoms. The smallest absolute Gasteiger partial charge is 0.393 e. The highest BCUT2D eigenvalue weighted by molar-refractivity contribution is 6.31. The molecule has 22 heavy (non-hydrogen) atoms. The number of halogens is 5. The zero-order valence-electron chi connectivity index (χ0n) is 11.0. The van der Waals surface area contributed by atoms with E-state index in [2.05, 4.69) is 0 Å². The number of hydrogen-bond donors (Lipinski definition) is 1. The summed E-state index contributed by atoms with van der Waals surface area (Å²) in [4.78, 5) is 12.4. The number of hydrogen-bond acceptors (Lipinski definition) is 2. The van der Waals surface area contributed by atoms with Gasteiger partial charge in [0, 0.05) is 16.3 Å². The Morgan fingerprint density at radius 3 is 2.36 bits per heavy atom. The first-order valence-electron chi connectivity index (χ1n) is 6.13. The number of alkyl halides is 3. The van der Waals surface area contributed by atoms with Crippen molar-refractivity contribution in [2.75, 3.05) is 5.73 Å². The molecule has 116 valence electrons.